The normalized spacial score (nSPS) is 17.2. The van der Waals surface area contributed by atoms with Crippen LogP contribution in [0.4, 0.5) is 5.82 Å². The van der Waals surface area contributed by atoms with Crippen LogP contribution in [-0.2, 0) is 5.75 Å². The van der Waals surface area contributed by atoms with Gasteiger partial charge in [0.1, 0.15) is 11.6 Å². The van der Waals surface area contributed by atoms with Crippen molar-refractivity contribution in [1.29, 1.82) is 0 Å². The van der Waals surface area contributed by atoms with Crippen LogP contribution in [0.3, 0.4) is 0 Å². The molecule has 0 radical (unpaired) electrons. The highest BCUT2D eigenvalue weighted by Gasteiger charge is 2.23. The zero-order valence-corrected chi connectivity index (χ0v) is 19.7. The summed E-state index contributed by atoms with van der Waals surface area (Å²) >= 11 is 1.56. The summed E-state index contributed by atoms with van der Waals surface area (Å²) < 4.78 is 5.77. The maximum absolute atomic E-state index is 12.2. The number of hydrogen-bond acceptors (Lipinski definition) is 6. The maximum atomic E-state index is 12.2. The SMILES string of the molecule is CC(C)c1cc(N(C)C2CCCCC2)nc(SCc2ccc(C(=O)NCC3CC3)o2)n1. The van der Waals surface area contributed by atoms with Crippen molar-refractivity contribution < 1.29 is 9.21 Å². The Kier molecular flexibility index (Phi) is 7.20. The molecule has 2 aromatic rings. The first-order valence-electron chi connectivity index (χ1n) is 11.6. The monoisotopic (exact) mass is 442 g/mol. The van der Waals surface area contributed by atoms with Crippen LogP contribution in [0.1, 0.15) is 86.7 Å². The summed E-state index contributed by atoms with van der Waals surface area (Å²) in [5.41, 5.74) is 1.06. The Morgan fingerprint density at radius 2 is 1.97 bits per heavy atom. The number of nitrogens with zero attached hydrogens (tertiary/aromatic N) is 3. The van der Waals surface area contributed by atoms with Gasteiger partial charge in [0, 0.05) is 31.4 Å². The van der Waals surface area contributed by atoms with Gasteiger partial charge in [-0.1, -0.05) is 44.9 Å². The Balaban J connectivity index is 1.41. The van der Waals surface area contributed by atoms with Gasteiger partial charge in [-0.15, -0.1) is 0 Å². The summed E-state index contributed by atoms with van der Waals surface area (Å²) in [6, 6.07) is 6.33. The van der Waals surface area contributed by atoms with Gasteiger partial charge in [0.15, 0.2) is 10.9 Å². The lowest BCUT2D eigenvalue weighted by Crippen LogP contribution is -2.34. The van der Waals surface area contributed by atoms with E-state index in [1.54, 1.807) is 17.8 Å². The summed E-state index contributed by atoms with van der Waals surface area (Å²) in [7, 11) is 2.16. The second-order valence-electron chi connectivity index (χ2n) is 9.20. The van der Waals surface area contributed by atoms with Crippen LogP contribution in [0.5, 0.6) is 0 Å². The van der Waals surface area contributed by atoms with Gasteiger partial charge >= 0.3 is 0 Å². The van der Waals surface area contributed by atoms with Crippen LogP contribution in [-0.4, -0.2) is 35.5 Å². The minimum atomic E-state index is -0.127. The first kappa shape index (κ1) is 22.2. The van der Waals surface area contributed by atoms with E-state index in [1.165, 1.54) is 44.9 Å². The number of furan rings is 1. The molecule has 0 aliphatic heterocycles. The average Bonchev–Trinajstić information content (AvgIpc) is 3.50. The van der Waals surface area contributed by atoms with E-state index in [1.807, 2.05) is 6.07 Å². The Morgan fingerprint density at radius 1 is 1.19 bits per heavy atom. The van der Waals surface area contributed by atoms with Crippen molar-refractivity contribution in [3.05, 3.63) is 35.4 Å². The molecular formula is C24H34N4O2S. The fraction of sp³-hybridized carbons (Fsp3) is 0.625. The summed E-state index contributed by atoms with van der Waals surface area (Å²) in [6.07, 6.45) is 8.84. The summed E-state index contributed by atoms with van der Waals surface area (Å²) in [5.74, 6) is 3.62. The van der Waals surface area contributed by atoms with Gasteiger partial charge in [0.2, 0.25) is 0 Å². The van der Waals surface area contributed by atoms with Gasteiger partial charge in [-0.25, -0.2) is 9.97 Å². The number of anilines is 1. The Morgan fingerprint density at radius 3 is 2.68 bits per heavy atom. The minimum absolute atomic E-state index is 0.127. The fourth-order valence-corrected chi connectivity index (χ4v) is 4.74. The maximum Gasteiger partial charge on any atom is 0.287 e. The molecule has 0 bridgehead atoms. The third kappa shape index (κ3) is 6.03. The van der Waals surface area contributed by atoms with Gasteiger partial charge < -0.3 is 14.6 Å². The molecule has 1 amide bonds. The summed E-state index contributed by atoms with van der Waals surface area (Å²) in [5, 5.41) is 3.71. The molecule has 1 N–H and O–H groups in total. The quantitative estimate of drug-likeness (QED) is 0.414. The lowest BCUT2D eigenvalue weighted by Gasteiger charge is -2.32. The molecule has 2 saturated carbocycles. The molecule has 4 rings (SSSR count). The Bertz CT molecular complexity index is 887. The highest BCUT2D eigenvalue weighted by atomic mass is 32.2. The number of hydrogen-bond donors (Lipinski definition) is 1. The first-order chi connectivity index (χ1) is 15.0. The van der Waals surface area contributed by atoms with Crippen molar-refractivity contribution in [2.75, 3.05) is 18.5 Å². The smallest absolute Gasteiger partial charge is 0.287 e. The van der Waals surface area contributed by atoms with E-state index >= 15 is 0 Å². The lowest BCUT2D eigenvalue weighted by atomic mass is 9.94. The van der Waals surface area contributed by atoms with Crippen LogP contribution in [0.15, 0.2) is 27.8 Å². The second-order valence-corrected chi connectivity index (χ2v) is 10.1. The average molecular weight is 443 g/mol. The molecule has 0 unspecified atom stereocenters. The van der Waals surface area contributed by atoms with Crippen LogP contribution >= 0.6 is 11.8 Å². The first-order valence-corrected chi connectivity index (χ1v) is 12.6. The van der Waals surface area contributed by atoms with Gasteiger partial charge in [-0.3, -0.25) is 4.79 Å². The zero-order chi connectivity index (χ0) is 21.8. The number of carbonyl (C=O) groups excluding carboxylic acids is 1. The Labute approximate surface area is 189 Å². The summed E-state index contributed by atoms with van der Waals surface area (Å²) in [6.45, 7) is 5.08. The van der Waals surface area contributed by atoms with E-state index in [9.17, 15) is 4.79 Å². The van der Waals surface area contributed by atoms with E-state index < -0.39 is 0 Å². The number of rotatable bonds is 9. The van der Waals surface area contributed by atoms with Crippen LogP contribution in [0.2, 0.25) is 0 Å². The highest BCUT2D eigenvalue weighted by molar-refractivity contribution is 7.98. The van der Waals surface area contributed by atoms with Gasteiger partial charge in [-0.05, 0) is 49.7 Å². The van der Waals surface area contributed by atoms with E-state index in [0.29, 0.717) is 29.4 Å². The number of amides is 1. The highest BCUT2D eigenvalue weighted by Crippen LogP contribution is 2.30. The van der Waals surface area contributed by atoms with Gasteiger partial charge in [0.05, 0.1) is 5.75 Å². The predicted octanol–water partition coefficient (Wildman–Crippen LogP) is 5.39. The number of carbonyl (C=O) groups is 1. The van der Waals surface area contributed by atoms with Crippen molar-refractivity contribution in [2.24, 2.45) is 5.92 Å². The third-order valence-corrected chi connectivity index (χ3v) is 7.13. The second kappa shape index (κ2) is 10.1. The number of nitrogens with one attached hydrogen (secondary N) is 1. The van der Waals surface area contributed by atoms with Crippen molar-refractivity contribution >= 4 is 23.5 Å². The lowest BCUT2D eigenvalue weighted by molar-refractivity contribution is 0.0922. The molecule has 168 valence electrons. The molecule has 2 aliphatic rings. The largest absolute Gasteiger partial charge is 0.455 e. The topological polar surface area (TPSA) is 71.3 Å². The standard InChI is InChI=1S/C24H34N4O2S/c1-16(2)20-13-22(28(3)18-7-5-4-6-8-18)27-24(26-20)31-15-19-11-12-21(30-19)23(29)25-14-17-9-10-17/h11-13,16-18H,4-10,14-15H2,1-3H3,(H,25,29). The molecule has 0 spiro atoms. The molecule has 0 saturated heterocycles. The molecule has 2 heterocycles. The minimum Gasteiger partial charge on any atom is -0.455 e. The van der Waals surface area contributed by atoms with Crippen molar-refractivity contribution in [3.8, 4) is 0 Å². The van der Waals surface area contributed by atoms with Crippen LogP contribution in [0.25, 0.3) is 0 Å². The molecule has 0 aromatic carbocycles. The van der Waals surface area contributed by atoms with E-state index in [0.717, 1.165) is 29.0 Å². The van der Waals surface area contributed by atoms with Crippen molar-refractivity contribution in [1.82, 2.24) is 15.3 Å². The molecule has 31 heavy (non-hydrogen) atoms. The molecule has 0 atom stereocenters. The van der Waals surface area contributed by atoms with Crippen molar-refractivity contribution in [3.63, 3.8) is 0 Å². The fourth-order valence-electron chi connectivity index (χ4n) is 3.99. The van der Waals surface area contributed by atoms with E-state index in [4.69, 9.17) is 14.4 Å². The number of aromatic nitrogens is 2. The molecular weight excluding hydrogens is 408 g/mol. The molecule has 2 aliphatic carbocycles. The van der Waals surface area contributed by atoms with E-state index in [2.05, 4.69) is 37.2 Å². The molecule has 7 heteroatoms. The summed E-state index contributed by atoms with van der Waals surface area (Å²) in [4.78, 5) is 24.2. The zero-order valence-electron chi connectivity index (χ0n) is 18.9. The molecule has 2 aromatic heterocycles. The van der Waals surface area contributed by atoms with Gasteiger partial charge in [-0.2, -0.15) is 0 Å². The Hall–Kier alpha value is -2.02. The third-order valence-electron chi connectivity index (χ3n) is 6.26. The van der Waals surface area contributed by atoms with E-state index in [-0.39, 0.29) is 5.91 Å². The van der Waals surface area contributed by atoms with Crippen molar-refractivity contribution in [2.45, 2.75) is 81.7 Å². The molecule has 2 fully saturated rings. The van der Waals surface area contributed by atoms with Crippen LogP contribution < -0.4 is 10.2 Å². The predicted molar refractivity (Wildman–Crippen MR) is 125 cm³/mol. The van der Waals surface area contributed by atoms with Gasteiger partial charge in [0.25, 0.3) is 5.91 Å². The van der Waals surface area contributed by atoms with Crippen LogP contribution in [0, 0.1) is 5.92 Å². The molecule has 6 nitrogen and oxygen atoms in total. The number of thioether (sulfide) groups is 1.